The minimum Gasteiger partial charge on any atom is -0.464 e. The molecule has 0 atom stereocenters. The molecule has 5 nitrogen and oxygen atoms in total. The maximum absolute atomic E-state index is 11.2. The molecule has 0 saturated carbocycles. The Bertz CT molecular complexity index is 471. The molecule has 2 heterocycles. The van der Waals surface area contributed by atoms with Gasteiger partial charge in [0, 0.05) is 13.1 Å². The molecule has 0 spiro atoms. The number of rotatable bonds is 2. The number of carbonyl (C=O) groups excluding carboxylic acids is 1. The normalized spacial score (nSPS) is 10.3. The molecule has 0 aliphatic rings. The van der Waals surface area contributed by atoms with Crippen LogP contribution in [0.3, 0.4) is 0 Å². The molecule has 2 rings (SSSR count). The fourth-order valence-corrected chi connectivity index (χ4v) is 1.33. The second-order valence-electron chi connectivity index (χ2n) is 3.01. The minimum atomic E-state index is -0.455. The molecule has 0 amide bonds. The first-order chi connectivity index (χ1) is 7.22. The van der Waals surface area contributed by atoms with Crippen LogP contribution in [0.25, 0.3) is 11.5 Å². The summed E-state index contributed by atoms with van der Waals surface area (Å²) in [5.74, 6) is 0.212. The molecule has 0 fully saturated rings. The molecule has 0 aromatic carbocycles. The Morgan fingerprint density at radius 2 is 2.40 bits per heavy atom. The lowest BCUT2D eigenvalue weighted by molar-refractivity contribution is 0.0593. The van der Waals surface area contributed by atoms with E-state index >= 15 is 0 Å². The summed E-state index contributed by atoms with van der Waals surface area (Å²) < 4.78 is 11.4. The highest BCUT2D eigenvalue weighted by Gasteiger charge is 2.15. The van der Waals surface area contributed by atoms with Crippen molar-refractivity contribution in [2.45, 2.75) is 0 Å². The van der Waals surface area contributed by atoms with Gasteiger partial charge in [-0.15, -0.1) is 0 Å². The van der Waals surface area contributed by atoms with E-state index in [0.717, 1.165) is 5.69 Å². The third-order valence-corrected chi connectivity index (χ3v) is 2.05. The van der Waals surface area contributed by atoms with Crippen LogP contribution in [0.4, 0.5) is 0 Å². The molecule has 0 aliphatic heterocycles. The Kier molecular flexibility index (Phi) is 2.29. The van der Waals surface area contributed by atoms with Gasteiger partial charge >= 0.3 is 5.97 Å². The molecule has 0 aliphatic carbocycles. The van der Waals surface area contributed by atoms with Gasteiger partial charge in [-0.2, -0.15) is 5.10 Å². The van der Waals surface area contributed by atoms with Crippen LogP contribution in [0.1, 0.15) is 10.5 Å². The van der Waals surface area contributed by atoms with Gasteiger partial charge in [-0.1, -0.05) is 0 Å². The second kappa shape index (κ2) is 3.61. The first-order valence-corrected chi connectivity index (χ1v) is 4.38. The fourth-order valence-electron chi connectivity index (χ4n) is 1.33. The Morgan fingerprint density at radius 3 is 3.00 bits per heavy atom. The standard InChI is InChI=1S/C10H10N2O3/c1-12-8(9-4-3-5-15-9)6-7(11-12)10(13)14-2/h3-6H,1-2H3. The highest BCUT2D eigenvalue weighted by Crippen LogP contribution is 2.20. The van der Waals surface area contributed by atoms with Gasteiger partial charge in [0.1, 0.15) is 5.69 Å². The van der Waals surface area contributed by atoms with Crippen LogP contribution in [0.5, 0.6) is 0 Å². The van der Waals surface area contributed by atoms with Crippen LogP contribution in [0, 0.1) is 0 Å². The van der Waals surface area contributed by atoms with E-state index in [0.29, 0.717) is 5.76 Å². The average Bonchev–Trinajstić information content (AvgIpc) is 2.84. The number of aryl methyl sites for hydroxylation is 1. The summed E-state index contributed by atoms with van der Waals surface area (Å²) in [4.78, 5) is 11.2. The quantitative estimate of drug-likeness (QED) is 0.698. The summed E-state index contributed by atoms with van der Waals surface area (Å²) in [6.07, 6.45) is 1.57. The number of carbonyl (C=O) groups is 1. The molecule has 0 N–H and O–H groups in total. The Morgan fingerprint density at radius 1 is 1.60 bits per heavy atom. The number of aromatic nitrogens is 2. The number of ether oxygens (including phenoxy) is 1. The zero-order valence-electron chi connectivity index (χ0n) is 8.43. The van der Waals surface area contributed by atoms with E-state index in [1.807, 2.05) is 0 Å². The molecule has 5 heteroatoms. The van der Waals surface area contributed by atoms with E-state index in [2.05, 4.69) is 9.84 Å². The van der Waals surface area contributed by atoms with Crippen LogP contribution in [0.15, 0.2) is 28.9 Å². The van der Waals surface area contributed by atoms with Gasteiger partial charge in [0.15, 0.2) is 11.5 Å². The third-order valence-electron chi connectivity index (χ3n) is 2.05. The second-order valence-corrected chi connectivity index (χ2v) is 3.01. The van der Waals surface area contributed by atoms with Gasteiger partial charge < -0.3 is 9.15 Å². The first kappa shape index (κ1) is 9.51. The van der Waals surface area contributed by atoms with E-state index in [9.17, 15) is 4.79 Å². The highest BCUT2D eigenvalue weighted by atomic mass is 16.5. The molecular formula is C10H10N2O3. The lowest BCUT2D eigenvalue weighted by atomic mass is 10.3. The summed E-state index contributed by atoms with van der Waals surface area (Å²) in [6, 6.07) is 5.21. The number of hydrogen-bond acceptors (Lipinski definition) is 4. The first-order valence-electron chi connectivity index (χ1n) is 4.38. The number of hydrogen-bond donors (Lipinski definition) is 0. The molecule has 15 heavy (non-hydrogen) atoms. The van der Waals surface area contributed by atoms with Crippen molar-refractivity contribution in [3.63, 3.8) is 0 Å². The van der Waals surface area contributed by atoms with Gasteiger partial charge in [0.05, 0.1) is 13.4 Å². The van der Waals surface area contributed by atoms with Crippen LogP contribution < -0.4 is 0 Å². The van der Waals surface area contributed by atoms with E-state index in [1.54, 1.807) is 36.2 Å². The van der Waals surface area contributed by atoms with Crippen molar-refractivity contribution >= 4 is 5.97 Å². The van der Waals surface area contributed by atoms with E-state index in [-0.39, 0.29) is 5.69 Å². The fraction of sp³-hybridized carbons (Fsp3) is 0.200. The third kappa shape index (κ3) is 1.63. The topological polar surface area (TPSA) is 57.3 Å². The Balaban J connectivity index is 2.42. The average molecular weight is 206 g/mol. The number of furan rings is 1. The van der Waals surface area contributed by atoms with Crippen LogP contribution in [-0.2, 0) is 11.8 Å². The van der Waals surface area contributed by atoms with Crippen molar-refractivity contribution in [1.82, 2.24) is 9.78 Å². The van der Waals surface area contributed by atoms with Gasteiger partial charge in [-0.05, 0) is 12.1 Å². The predicted molar refractivity (Wildman–Crippen MR) is 52.2 cm³/mol. The molecule has 2 aromatic heterocycles. The van der Waals surface area contributed by atoms with Gasteiger partial charge in [-0.25, -0.2) is 4.79 Å². The molecule has 0 unspecified atom stereocenters. The van der Waals surface area contributed by atoms with Crippen molar-refractivity contribution in [2.75, 3.05) is 7.11 Å². The largest absolute Gasteiger partial charge is 0.464 e. The highest BCUT2D eigenvalue weighted by molar-refractivity contribution is 5.88. The molecule has 0 radical (unpaired) electrons. The van der Waals surface area contributed by atoms with Crippen molar-refractivity contribution < 1.29 is 13.9 Å². The minimum absolute atomic E-state index is 0.270. The summed E-state index contributed by atoms with van der Waals surface area (Å²) in [7, 11) is 3.06. The van der Waals surface area contributed by atoms with Gasteiger partial charge in [0.2, 0.25) is 0 Å². The lowest BCUT2D eigenvalue weighted by Gasteiger charge is -1.94. The van der Waals surface area contributed by atoms with Crippen molar-refractivity contribution in [1.29, 1.82) is 0 Å². The van der Waals surface area contributed by atoms with Gasteiger partial charge in [-0.3, -0.25) is 4.68 Å². The molecular weight excluding hydrogens is 196 g/mol. The number of nitrogens with zero attached hydrogens (tertiary/aromatic N) is 2. The Hall–Kier alpha value is -2.04. The molecule has 0 saturated heterocycles. The Labute approximate surface area is 86.3 Å². The van der Waals surface area contributed by atoms with Gasteiger partial charge in [0.25, 0.3) is 0 Å². The van der Waals surface area contributed by atoms with E-state index < -0.39 is 5.97 Å². The zero-order chi connectivity index (χ0) is 10.8. The summed E-state index contributed by atoms with van der Waals surface area (Å²) in [5.41, 5.74) is 1.01. The molecule has 78 valence electrons. The summed E-state index contributed by atoms with van der Waals surface area (Å²) >= 11 is 0. The van der Waals surface area contributed by atoms with Crippen LogP contribution in [0.2, 0.25) is 0 Å². The molecule has 0 bridgehead atoms. The SMILES string of the molecule is COC(=O)c1cc(-c2ccco2)n(C)n1. The monoisotopic (exact) mass is 206 g/mol. The smallest absolute Gasteiger partial charge is 0.358 e. The number of methoxy groups -OCH3 is 1. The van der Waals surface area contributed by atoms with E-state index in [4.69, 9.17) is 4.42 Å². The zero-order valence-corrected chi connectivity index (χ0v) is 8.43. The predicted octanol–water partition coefficient (Wildman–Crippen LogP) is 1.47. The summed E-state index contributed by atoms with van der Waals surface area (Å²) in [6.45, 7) is 0. The maximum Gasteiger partial charge on any atom is 0.358 e. The lowest BCUT2D eigenvalue weighted by Crippen LogP contribution is -2.02. The van der Waals surface area contributed by atoms with Crippen molar-refractivity contribution in [3.05, 3.63) is 30.2 Å². The van der Waals surface area contributed by atoms with Crippen LogP contribution >= 0.6 is 0 Å². The number of esters is 1. The van der Waals surface area contributed by atoms with E-state index in [1.165, 1.54) is 7.11 Å². The van der Waals surface area contributed by atoms with Crippen molar-refractivity contribution in [2.24, 2.45) is 7.05 Å². The molecule has 2 aromatic rings. The maximum atomic E-state index is 11.2. The van der Waals surface area contributed by atoms with Crippen molar-refractivity contribution in [3.8, 4) is 11.5 Å². The van der Waals surface area contributed by atoms with Crippen LogP contribution in [-0.4, -0.2) is 22.9 Å². The summed E-state index contributed by atoms with van der Waals surface area (Å²) in [5, 5.41) is 4.02.